The quantitative estimate of drug-likeness (QED) is 0.478. The SMILES string of the molecule is CC(C)Oc1ccc([C@H](CCNCc2ccco2)Cc2ccccc2)cc1. The number of ether oxygens (including phenoxy) is 1. The fourth-order valence-corrected chi connectivity index (χ4v) is 3.28. The van der Waals surface area contributed by atoms with E-state index in [1.165, 1.54) is 11.1 Å². The highest BCUT2D eigenvalue weighted by molar-refractivity contribution is 5.31. The number of hydrogen-bond donors (Lipinski definition) is 1. The van der Waals surface area contributed by atoms with Crippen LogP contribution in [0.2, 0.25) is 0 Å². The lowest BCUT2D eigenvalue weighted by Crippen LogP contribution is -2.18. The molecule has 0 saturated carbocycles. The predicted molar refractivity (Wildman–Crippen MR) is 110 cm³/mol. The van der Waals surface area contributed by atoms with Crippen LogP contribution in [0.5, 0.6) is 5.75 Å². The monoisotopic (exact) mass is 363 g/mol. The van der Waals surface area contributed by atoms with E-state index in [4.69, 9.17) is 9.15 Å². The minimum absolute atomic E-state index is 0.196. The zero-order valence-electron chi connectivity index (χ0n) is 16.2. The van der Waals surface area contributed by atoms with Crippen molar-refractivity contribution in [3.8, 4) is 5.75 Å². The third-order valence-electron chi connectivity index (χ3n) is 4.60. The average molecular weight is 364 g/mol. The first kappa shape index (κ1) is 19.2. The molecule has 3 rings (SSSR count). The zero-order chi connectivity index (χ0) is 18.9. The van der Waals surface area contributed by atoms with Crippen molar-refractivity contribution < 1.29 is 9.15 Å². The molecule has 1 atom stereocenters. The van der Waals surface area contributed by atoms with Crippen LogP contribution in [0, 0.1) is 0 Å². The molecule has 0 aliphatic heterocycles. The highest BCUT2D eigenvalue weighted by atomic mass is 16.5. The van der Waals surface area contributed by atoms with Gasteiger partial charge in [-0.2, -0.15) is 0 Å². The molecule has 0 unspecified atom stereocenters. The lowest BCUT2D eigenvalue weighted by Gasteiger charge is -2.19. The van der Waals surface area contributed by atoms with Crippen LogP contribution in [0.15, 0.2) is 77.4 Å². The van der Waals surface area contributed by atoms with Crippen LogP contribution in [0.1, 0.15) is 43.1 Å². The van der Waals surface area contributed by atoms with Crippen molar-refractivity contribution in [1.82, 2.24) is 5.32 Å². The summed E-state index contributed by atoms with van der Waals surface area (Å²) in [7, 11) is 0. The topological polar surface area (TPSA) is 34.4 Å². The Morgan fingerprint density at radius 3 is 2.37 bits per heavy atom. The largest absolute Gasteiger partial charge is 0.491 e. The van der Waals surface area contributed by atoms with E-state index in [0.29, 0.717) is 5.92 Å². The average Bonchev–Trinajstić information content (AvgIpc) is 3.19. The van der Waals surface area contributed by atoms with Crippen molar-refractivity contribution in [3.05, 3.63) is 89.9 Å². The van der Waals surface area contributed by atoms with Crippen LogP contribution in [0.25, 0.3) is 0 Å². The van der Waals surface area contributed by atoms with Crippen molar-refractivity contribution in [2.45, 2.75) is 45.3 Å². The summed E-state index contributed by atoms with van der Waals surface area (Å²) in [5, 5.41) is 3.49. The fraction of sp³-hybridized carbons (Fsp3) is 0.333. The number of benzene rings is 2. The molecule has 0 aliphatic carbocycles. The molecule has 142 valence electrons. The van der Waals surface area contributed by atoms with E-state index in [1.807, 2.05) is 12.1 Å². The molecule has 0 bridgehead atoms. The van der Waals surface area contributed by atoms with E-state index in [9.17, 15) is 0 Å². The summed E-state index contributed by atoms with van der Waals surface area (Å²) in [6.45, 7) is 5.82. The van der Waals surface area contributed by atoms with Gasteiger partial charge < -0.3 is 14.5 Å². The van der Waals surface area contributed by atoms with E-state index >= 15 is 0 Å². The standard InChI is InChI=1S/C24H29NO2/c1-19(2)27-23-12-10-21(11-13-23)22(17-20-7-4-3-5-8-20)14-15-25-18-24-9-6-16-26-24/h3-13,16,19,22,25H,14-15,17-18H2,1-2H3/t22-/m1/s1. The molecule has 0 spiro atoms. The number of nitrogens with one attached hydrogen (secondary N) is 1. The van der Waals surface area contributed by atoms with Gasteiger partial charge in [0.15, 0.2) is 0 Å². The summed E-state index contributed by atoms with van der Waals surface area (Å²) in [4.78, 5) is 0. The van der Waals surface area contributed by atoms with E-state index in [-0.39, 0.29) is 6.10 Å². The Labute approximate surface area is 162 Å². The molecule has 0 saturated heterocycles. The first-order chi connectivity index (χ1) is 13.2. The second-order valence-corrected chi connectivity index (χ2v) is 7.17. The first-order valence-electron chi connectivity index (χ1n) is 9.74. The molecule has 0 aliphatic rings. The highest BCUT2D eigenvalue weighted by Crippen LogP contribution is 2.26. The fourth-order valence-electron chi connectivity index (χ4n) is 3.28. The van der Waals surface area contributed by atoms with Crippen LogP contribution < -0.4 is 10.1 Å². The van der Waals surface area contributed by atoms with E-state index in [2.05, 4.69) is 73.8 Å². The maximum atomic E-state index is 5.78. The summed E-state index contributed by atoms with van der Waals surface area (Å²) >= 11 is 0. The van der Waals surface area contributed by atoms with Crippen molar-refractivity contribution in [1.29, 1.82) is 0 Å². The maximum Gasteiger partial charge on any atom is 0.119 e. The lowest BCUT2D eigenvalue weighted by atomic mass is 9.89. The predicted octanol–water partition coefficient (Wildman–Crippen LogP) is 5.57. The van der Waals surface area contributed by atoms with Crippen molar-refractivity contribution in [3.63, 3.8) is 0 Å². The molecule has 3 heteroatoms. The molecule has 1 aromatic heterocycles. The minimum atomic E-state index is 0.196. The van der Waals surface area contributed by atoms with Gasteiger partial charge in [0.05, 0.1) is 18.9 Å². The number of rotatable bonds is 10. The van der Waals surface area contributed by atoms with Gasteiger partial charge in [-0.05, 0) is 74.5 Å². The van der Waals surface area contributed by atoms with E-state index < -0.39 is 0 Å². The third-order valence-corrected chi connectivity index (χ3v) is 4.60. The van der Waals surface area contributed by atoms with E-state index in [0.717, 1.165) is 37.4 Å². The second kappa shape index (κ2) is 9.98. The Morgan fingerprint density at radius 2 is 1.70 bits per heavy atom. The zero-order valence-corrected chi connectivity index (χ0v) is 16.2. The Morgan fingerprint density at radius 1 is 0.926 bits per heavy atom. The molecule has 0 amide bonds. The van der Waals surface area contributed by atoms with Gasteiger partial charge in [0, 0.05) is 0 Å². The minimum Gasteiger partial charge on any atom is -0.491 e. The maximum absolute atomic E-state index is 5.78. The molecule has 0 fully saturated rings. The highest BCUT2D eigenvalue weighted by Gasteiger charge is 2.13. The van der Waals surface area contributed by atoms with Crippen LogP contribution in [-0.4, -0.2) is 12.6 Å². The van der Waals surface area contributed by atoms with Crippen LogP contribution >= 0.6 is 0 Å². The molecule has 2 aromatic carbocycles. The molecule has 1 N–H and O–H groups in total. The van der Waals surface area contributed by atoms with Gasteiger partial charge in [-0.3, -0.25) is 0 Å². The van der Waals surface area contributed by atoms with Gasteiger partial charge in [-0.15, -0.1) is 0 Å². The van der Waals surface area contributed by atoms with Crippen LogP contribution in [0.3, 0.4) is 0 Å². The Hall–Kier alpha value is -2.52. The third kappa shape index (κ3) is 6.30. The summed E-state index contributed by atoms with van der Waals surface area (Å²) in [6.07, 6.45) is 4.02. The van der Waals surface area contributed by atoms with Crippen LogP contribution in [-0.2, 0) is 13.0 Å². The Bertz CT molecular complexity index is 764. The number of hydrogen-bond acceptors (Lipinski definition) is 3. The number of furan rings is 1. The first-order valence-corrected chi connectivity index (χ1v) is 9.74. The Balaban J connectivity index is 1.63. The van der Waals surface area contributed by atoms with Gasteiger partial charge in [-0.1, -0.05) is 42.5 Å². The normalized spacial score (nSPS) is 12.3. The lowest BCUT2D eigenvalue weighted by molar-refractivity contribution is 0.242. The van der Waals surface area contributed by atoms with E-state index in [1.54, 1.807) is 6.26 Å². The molecular formula is C24H29NO2. The smallest absolute Gasteiger partial charge is 0.119 e. The second-order valence-electron chi connectivity index (χ2n) is 7.17. The summed E-state index contributed by atoms with van der Waals surface area (Å²) < 4.78 is 11.2. The molecule has 0 radical (unpaired) electrons. The van der Waals surface area contributed by atoms with Gasteiger partial charge in [0.25, 0.3) is 0 Å². The molecule has 1 heterocycles. The van der Waals surface area contributed by atoms with Gasteiger partial charge in [0.1, 0.15) is 11.5 Å². The van der Waals surface area contributed by atoms with Gasteiger partial charge in [-0.25, -0.2) is 0 Å². The van der Waals surface area contributed by atoms with Gasteiger partial charge >= 0.3 is 0 Å². The van der Waals surface area contributed by atoms with Crippen molar-refractivity contribution in [2.24, 2.45) is 0 Å². The Kier molecular flexibility index (Phi) is 7.11. The summed E-state index contributed by atoms with van der Waals surface area (Å²) in [6, 6.07) is 23.2. The molecule has 3 aromatic rings. The van der Waals surface area contributed by atoms with Crippen LogP contribution in [0.4, 0.5) is 0 Å². The summed E-state index contributed by atoms with van der Waals surface area (Å²) in [5.41, 5.74) is 2.73. The molecular weight excluding hydrogens is 334 g/mol. The van der Waals surface area contributed by atoms with Gasteiger partial charge in [0.2, 0.25) is 0 Å². The van der Waals surface area contributed by atoms with Crippen molar-refractivity contribution in [2.75, 3.05) is 6.54 Å². The molecule has 27 heavy (non-hydrogen) atoms. The molecule has 3 nitrogen and oxygen atoms in total. The summed E-state index contributed by atoms with van der Waals surface area (Å²) in [5.74, 6) is 2.37. The van der Waals surface area contributed by atoms with Crippen molar-refractivity contribution >= 4 is 0 Å².